The maximum Gasteiger partial charge on any atom is 0.414 e. The van der Waals surface area contributed by atoms with Crippen molar-refractivity contribution in [2.24, 2.45) is 0 Å². The Balaban J connectivity index is 0.000000501. The molecule has 1 heterocycles. The lowest BCUT2D eigenvalue weighted by atomic mass is 10.0. The molecule has 0 radical (unpaired) electrons. The minimum atomic E-state index is -1.82. The quantitative estimate of drug-likeness (QED) is 0.610. The molecular weight excluding hydrogens is 420 g/mol. The van der Waals surface area contributed by atoms with E-state index in [1.165, 1.54) is 25.9 Å². The Hall–Kier alpha value is -3.08. The third-order valence-electron chi connectivity index (χ3n) is 4.83. The number of rotatable bonds is 7. The van der Waals surface area contributed by atoms with Crippen molar-refractivity contribution in [2.45, 2.75) is 31.8 Å². The first-order valence-corrected chi connectivity index (χ1v) is 10.4. The Morgan fingerprint density at radius 2 is 1.74 bits per heavy atom. The van der Waals surface area contributed by atoms with Gasteiger partial charge in [0, 0.05) is 11.1 Å². The molecule has 0 bridgehead atoms. The molecule has 3 rings (SSSR count). The van der Waals surface area contributed by atoms with Crippen LogP contribution in [0, 0.1) is 11.3 Å². The maximum atomic E-state index is 9.33. The van der Waals surface area contributed by atoms with Crippen LogP contribution in [-0.4, -0.2) is 46.7 Å². The van der Waals surface area contributed by atoms with Crippen molar-refractivity contribution in [1.29, 1.82) is 5.26 Å². The first kappa shape index (κ1) is 24.2. The second kappa shape index (κ2) is 12.6. The highest BCUT2D eigenvalue weighted by molar-refractivity contribution is 6.30. The van der Waals surface area contributed by atoms with Crippen LogP contribution in [-0.2, 0) is 9.59 Å². The summed E-state index contributed by atoms with van der Waals surface area (Å²) in [5.74, 6) is -3.09. The topological polar surface area (TPSA) is 111 Å². The fourth-order valence-electron chi connectivity index (χ4n) is 3.31. The standard InChI is InChI=1S/C21H23ClN2O.C2H2O4/c22-19-11-10-18(16-23)21(15-19)25-20(17-7-2-1-3-8-17)9-6-14-24-12-4-5-13-24;3-1(4)2(5)6/h1-3,7-8,10-11,15,20H,4-6,9,12-14H2;(H,3,4)(H,5,6)/t20-;/m1./s1. The molecule has 8 heteroatoms. The zero-order valence-electron chi connectivity index (χ0n) is 17.0. The zero-order chi connectivity index (χ0) is 22.6. The molecule has 2 aromatic rings. The lowest BCUT2D eigenvalue weighted by Gasteiger charge is -2.22. The molecule has 31 heavy (non-hydrogen) atoms. The largest absolute Gasteiger partial charge is 0.484 e. The summed E-state index contributed by atoms with van der Waals surface area (Å²) in [6.07, 6.45) is 4.54. The first-order chi connectivity index (χ1) is 14.9. The Bertz CT molecular complexity index is 896. The van der Waals surface area contributed by atoms with Crippen LogP contribution in [0.1, 0.15) is 42.9 Å². The normalized spacial score (nSPS) is 14.1. The number of halogens is 1. The molecule has 1 aliphatic rings. The number of hydrogen-bond donors (Lipinski definition) is 2. The monoisotopic (exact) mass is 444 g/mol. The van der Waals surface area contributed by atoms with Gasteiger partial charge in [-0.15, -0.1) is 0 Å². The van der Waals surface area contributed by atoms with Gasteiger partial charge in [0.15, 0.2) is 0 Å². The van der Waals surface area contributed by atoms with Gasteiger partial charge in [-0.2, -0.15) is 5.26 Å². The Labute approximate surface area is 186 Å². The van der Waals surface area contributed by atoms with E-state index in [1.807, 2.05) is 18.2 Å². The molecule has 0 saturated carbocycles. The van der Waals surface area contributed by atoms with Crippen molar-refractivity contribution in [2.75, 3.05) is 19.6 Å². The van der Waals surface area contributed by atoms with Crippen molar-refractivity contribution >= 4 is 23.5 Å². The third-order valence-corrected chi connectivity index (χ3v) is 5.06. The van der Waals surface area contributed by atoms with Gasteiger partial charge >= 0.3 is 11.9 Å². The second-order valence-corrected chi connectivity index (χ2v) is 7.51. The van der Waals surface area contributed by atoms with Crippen molar-refractivity contribution < 1.29 is 24.5 Å². The molecule has 0 amide bonds. The number of nitriles is 1. The molecule has 0 spiro atoms. The van der Waals surface area contributed by atoms with Gasteiger partial charge in [0.25, 0.3) is 0 Å². The number of carboxylic acids is 2. The third kappa shape index (κ3) is 8.28. The number of hydrogen-bond acceptors (Lipinski definition) is 5. The number of aliphatic carboxylic acids is 2. The number of likely N-dealkylation sites (tertiary alicyclic amines) is 1. The second-order valence-electron chi connectivity index (χ2n) is 7.07. The van der Waals surface area contributed by atoms with E-state index < -0.39 is 11.9 Å². The molecule has 0 aliphatic carbocycles. The average molecular weight is 445 g/mol. The SMILES string of the molecule is N#Cc1ccc(Cl)cc1O[C@H](CCCN1CCCC1)c1ccccc1.O=C(O)C(=O)O. The molecule has 2 N–H and O–H groups in total. The average Bonchev–Trinajstić information content (AvgIpc) is 3.28. The predicted octanol–water partition coefficient (Wildman–Crippen LogP) is 4.36. The molecule has 1 aliphatic heterocycles. The van der Waals surface area contributed by atoms with Crippen LogP contribution in [0.15, 0.2) is 48.5 Å². The van der Waals surface area contributed by atoms with E-state index in [2.05, 4.69) is 23.1 Å². The zero-order valence-corrected chi connectivity index (χ0v) is 17.8. The summed E-state index contributed by atoms with van der Waals surface area (Å²) in [5, 5.41) is 24.7. The number of carbonyl (C=O) groups is 2. The van der Waals surface area contributed by atoms with Gasteiger partial charge in [0.1, 0.15) is 17.9 Å². The minimum absolute atomic E-state index is 0.0747. The summed E-state index contributed by atoms with van der Waals surface area (Å²) in [7, 11) is 0. The summed E-state index contributed by atoms with van der Waals surface area (Å²) in [4.78, 5) is 20.7. The van der Waals surface area contributed by atoms with Gasteiger partial charge in [-0.3, -0.25) is 0 Å². The molecule has 164 valence electrons. The Morgan fingerprint density at radius 1 is 1.10 bits per heavy atom. The van der Waals surface area contributed by atoms with Crippen LogP contribution in [0.4, 0.5) is 0 Å². The summed E-state index contributed by atoms with van der Waals surface area (Å²) >= 11 is 6.10. The fourth-order valence-corrected chi connectivity index (χ4v) is 3.47. The van der Waals surface area contributed by atoms with Crippen LogP contribution in [0.5, 0.6) is 5.75 Å². The fraction of sp³-hybridized carbons (Fsp3) is 0.348. The Morgan fingerprint density at radius 3 is 2.32 bits per heavy atom. The van der Waals surface area contributed by atoms with Crippen molar-refractivity contribution in [3.63, 3.8) is 0 Å². The van der Waals surface area contributed by atoms with Crippen LogP contribution >= 0.6 is 11.6 Å². The molecule has 0 aromatic heterocycles. The molecule has 1 saturated heterocycles. The van der Waals surface area contributed by atoms with Gasteiger partial charge in [0.2, 0.25) is 0 Å². The van der Waals surface area contributed by atoms with E-state index in [4.69, 9.17) is 36.1 Å². The number of nitrogens with zero attached hydrogens (tertiary/aromatic N) is 2. The van der Waals surface area contributed by atoms with Gasteiger partial charge in [-0.25, -0.2) is 9.59 Å². The van der Waals surface area contributed by atoms with E-state index in [0.717, 1.165) is 24.9 Å². The number of ether oxygens (including phenoxy) is 1. The molecule has 7 nitrogen and oxygen atoms in total. The molecule has 0 unspecified atom stereocenters. The first-order valence-electron chi connectivity index (χ1n) is 10.0. The summed E-state index contributed by atoms with van der Waals surface area (Å²) < 4.78 is 6.24. The highest BCUT2D eigenvalue weighted by Gasteiger charge is 2.17. The van der Waals surface area contributed by atoms with Crippen molar-refractivity contribution in [1.82, 2.24) is 4.90 Å². The Kier molecular flexibility index (Phi) is 9.82. The van der Waals surface area contributed by atoms with Gasteiger partial charge in [0.05, 0.1) is 5.56 Å². The maximum absolute atomic E-state index is 9.33. The minimum Gasteiger partial charge on any atom is -0.484 e. The lowest BCUT2D eigenvalue weighted by molar-refractivity contribution is -0.159. The highest BCUT2D eigenvalue weighted by Crippen LogP contribution is 2.30. The van der Waals surface area contributed by atoms with Crippen LogP contribution in [0.25, 0.3) is 0 Å². The van der Waals surface area contributed by atoms with Gasteiger partial charge < -0.3 is 19.8 Å². The van der Waals surface area contributed by atoms with E-state index in [1.54, 1.807) is 18.2 Å². The van der Waals surface area contributed by atoms with Crippen LogP contribution < -0.4 is 4.74 Å². The van der Waals surface area contributed by atoms with E-state index in [9.17, 15) is 5.26 Å². The highest BCUT2D eigenvalue weighted by atomic mass is 35.5. The number of carboxylic acid groups (broad SMARTS) is 2. The molecule has 2 aromatic carbocycles. The smallest absolute Gasteiger partial charge is 0.414 e. The van der Waals surface area contributed by atoms with Crippen LogP contribution in [0.3, 0.4) is 0 Å². The summed E-state index contributed by atoms with van der Waals surface area (Å²) in [6, 6.07) is 17.6. The summed E-state index contributed by atoms with van der Waals surface area (Å²) in [6.45, 7) is 3.53. The predicted molar refractivity (Wildman–Crippen MR) is 116 cm³/mol. The number of benzene rings is 2. The molecule has 1 atom stereocenters. The van der Waals surface area contributed by atoms with Gasteiger partial charge in [-0.1, -0.05) is 41.9 Å². The lowest BCUT2D eigenvalue weighted by Crippen LogP contribution is -2.21. The van der Waals surface area contributed by atoms with Crippen molar-refractivity contribution in [3.8, 4) is 11.8 Å². The van der Waals surface area contributed by atoms with Crippen LogP contribution in [0.2, 0.25) is 5.02 Å². The van der Waals surface area contributed by atoms with Gasteiger partial charge in [-0.05, 0) is 63.0 Å². The van der Waals surface area contributed by atoms with E-state index >= 15 is 0 Å². The summed E-state index contributed by atoms with van der Waals surface area (Å²) in [5.41, 5.74) is 1.65. The van der Waals surface area contributed by atoms with E-state index in [-0.39, 0.29) is 6.10 Å². The molecule has 1 fully saturated rings. The van der Waals surface area contributed by atoms with Crippen molar-refractivity contribution in [3.05, 3.63) is 64.7 Å². The molecular formula is C23H25ClN2O5. The van der Waals surface area contributed by atoms with E-state index in [0.29, 0.717) is 16.3 Å².